The Bertz CT molecular complexity index is 1080. The molecule has 1 aliphatic rings. The normalized spacial score (nSPS) is 12.4. The average molecular weight is 421 g/mol. The maximum atomic E-state index is 12.9. The summed E-state index contributed by atoms with van der Waals surface area (Å²) in [6, 6.07) is 18.2. The molecule has 3 aromatic carbocycles. The number of carbonyl (C=O) groups excluding carboxylic acids is 1. The van der Waals surface area contributed by atoms with E-state index in [2.05, 4.69) is 30.0 Å². The number of likely N-dealkylation sites (N-methyl/N-ethyl adjacent to an activating group) is 2. The lowest BCUT2D eigenvalue weighted by Crippen LogP contribution is -2.37. The van der Waals surface area contributed by atoms with E-state index in [1.54, 1.807) is 12.0 Å². The van der Waals surface area contributed by atoms with Gasteiger partial charge in [0.05, 0.1) is 13.7 Å². The first-order valence-corrected chi connectivity index (χ1v) is 10.5. The van der Waals surface area contributed by atoms with E-state index in [0.29, 0.717) is 19.6 Å². The van der Waals surface area contributed by atoms with E-state index < -0.39 is 0 Å². The summed E-state index contributed by atoms with van der Waals surface area (Å²) in [4.78, 5) is 16.8. The fraction of sp³-hybridized carbons (Fsp3) is 0.320. The first-order chi connectivity index (χ1) is 15.1. The molecule has 0 bridgehead atoms. The predicted molar refractivity (Wildman–Crippen MR) is 120 cm³/mol. The van der Waals surface area contributed by atoms with E-state index in [4.69, 9.17) is 14.2 Å². The summed E-state index contributed by atoms with van der Waals surface area (Å²) in [7, 11) is 3.52. The first kappa shape index (κ1) is 21.0. The zero-order chi connectivity index (χ0) is 21.8. The van der Waals surface area contributed by atoms with E-state index in [1.165, 1.54) is 0 Å². The highest BCUT2D eigenvalue weighted by molar-refractivity contribution is 5.84. The molecular weight excluding hydrogens is 392 g/mol. The van der Waals surface area contributed by atoms with Gasteiger partial charge in [-0.1, -0.05) is 31.2 Å². The molecule has 0 saturated heterocycles. The monoisotopic (exact) mass is 420 g/mol. The molecule has 1 amide bonds. The van der Waals surface area contributed by atoms with Gasteiger partial charge in [-0.25, -0.2) is 0 Å². The first-order valence-electron chi connectivity index (χ1n) is 10.5. The van der Waals surface area contributed by atoms with Crippen molar-refractivity contribution in [1.82, 2.24) is 9.80 Å². The second-order valence-electron chi connectivity index (χ2n) is 7.79. The number of hydrogen-bond acceptors (Lipinski definition) is 5. The fourth-order valence-corrected chi connectivity index (χ4v) is 3.75. The molecule has 0 aromatic heterocycles. The van der Waals surface area contributed by atoms with Crippen LogP contribution in [0.2, 0.25) is 0 Å². The molecule has 6 heteroatoms. The van der Waals surface area contributed by atoms with E-state index in [1.807, 2.05) is 43.4 Å². The number of ether oxygens (including phenoxy) is 3. The summed E-state index contributed by atoms with van der Waals surface area (Å²) in [6.07, 6.45) is 0. The van der Waals surface area contributed by atoms with E-state index in [9.17, 15) is 4.79 Å². The molecule has 1 aliphatic heterocycles. The summed E-state index contributed by atoms with van der Waals surface area (Å²) in [5.74, 6) is 2.48. The lowest BCUT2D eigenvalue weighted by Gasteiger charge is -2.24. The molecule has 6 nitrogen and oxygen atoms in total. The topological polar surface area (TPSA) is 51.2 Å². The summed E-state index contributed by atoms with van der Waals surface area (Å²) in [5.41, 5.74) is 2.21. The SMILES string of the molecule is CCN(CC(=O)N(C)Cc1ccc2cc(OC)ccc2c1)Cc1ccc2c(c1)OCO2. The third kappa shape index (κ3) is 4.91. The second-order valence-corrected chi connectivity index (χ2v) is 7.79. The van der Waals surface area contributed by atoms with Crippen LogP contribution in [0, 0.1) is 0 Å². The molecule has 0 radical (unpaired) electrons. The van der Waals surface area contributed by atoms with Gasteiger partial charge in [-0.15, -0.1) is 0 Å². The van der Waals surface area contributed by atoms with Crippen molar-refractivity contribution < 1.29 is 19.0 Å². The van der Waals surface area contributed by atoms with E-state index in [-0.39, 0.29) is 12.7 Å². The van der Waals surface area contributed by atoms with Crippen LogP contribution in [-0.4, -0.2) is 49.7 Å². The molecule has 3 aromatic rings. The summed E-state index contributed by atoms with van der Waals surface area (Å²) in [5, 5.41) is 2.26. The highest BCUT2D eigenvalue weighted by Gasteiger charge is 2.17. The Morgan fingerprint density at radius 3 is 2.45 bits per heavy atom. The minimum Gasteiger partial charge on any atom is -0.497 e. The minimum absolute atomic E-state index is 0.0948. The van der Waals surface area contributed by atoms with Crippen LogP contribution >= 0.6 is 0 Å². The lowest BCUT2D eigenvalue weighted by molar-refractivity contribution is -0.131. The maximum Gasteiger partial charge on any atom is 0.236 e. The molecule has 0 spiro atoms. The number of fused-ring (bicyclic) bond motifs is 2. The molecule has 0 atom stereocenters. The Morgan fingerprint density at radius 1 is 0.935 bits per heavy atom. The number of hydrogen-bond donors (Lipinski definition) is 0. The van der Waals surface area contributed by atoms with Crippen molar-refractivity contribution in [3.05, 3.63) is 65.7 Å². The van der Waals surface area contributed by atoms with Gasteiger partial charge in [0.25, 0.3) is 0 Å². The average Bonchev–Trinajstić information content (AvgIpc) is 3.26. The molecular formula is C25H28N2O4. The zero-order valence-electron chi connectivity index (χ0n) is 18.3. The van der Waals surface area contributed by atoms with Crippen LogP contribution < -0.4 is 14.2 Å². The van der Waals surface area contributed by atoms with Gasteiger partial charge in [0.2, 0.25) is 12.7 Å². The number of carbonyl (C=O) groups is 1. The second kappa shape index (κ2) is 9.27. The number of methoxy groups -OCH3 is 1. The highest BCUT2D eigenvalue weighted by Crippen LogP contribution is 2.32. The molecule has 0 fully saturated rings. The highest BCUT2D eigenvalue weighted by atomic mass is 16.7. The van der Waals surface area contributed by atoms with Crippen molar-refractivity contribution in [2.45, 2.75) is 20.0 Å². The van der Waals surface area contributed by atoms with Crippen molar-refractivity contribution in [3.8, 4) is 17.2 Å². The smallest absolute Gasteiger partial charge is 0.236 e. The van der Waals surface area contributed by atoms with Crippen LogP contribution in [-0.2, 0) is 17.9 Å². The van der Waals surface area contributed by atoms with E-state index in [0.717, 1.165) is 45.7 Å². The van der Waals surface area contributed by atoms with Gasteiger partial charge in [0.15, 0.2) is 11.5 Å². The predicted octanol–water partition coefficient (Wildman–Crippen LogP) is 4.06. The van der Waals surface area contributed by atoms with Crippen LogP contribution in [0.5, 0.6) is 17.2 Å². The molecule has 0 unspecified atom stereocenters. The van der Waals surface area contributed by atoms with Gasteiger partial charge in [0, 0.05) is 20.1 Å². The third-order valence-corrected chi connectivity index (χ3v) is 5.61. The maximum absolute atomic E-state index is 12.9. The van der Waals surface area contributed by atoms with Crippen molar-refractivity contribution >= 4 is 16.7 Å². The van der Waals surface area contributed by atoms with Gasteiger partial charge >= 0.3 is 0 Å². The largest absolute Gasteiger partial charge is 0.497 e. The van der Waals surface area contributed by atoms with Gasteiger partial charge in [-0.2, -0.15) is 0 Å². The molecule has 0 saturated carbocycles. The molecule has 0 aliphatic carbocycles. The van der Waals surface area contributed by atoms with Crippen LogP contribution in [0.3, 0.4) is 0 Å². The van der Waals surface area contributed by atoms with Crippen molar-refractivity contribution in [2.75, 3.05) is 34.0 Å². The van der Waals surface area contributed by atoms with Crippen LogP contribution in [0.1, 0.15) is 18.1 Å². The third-order valence-electron chi connectivity index (χ3n) is 5.61. The lowest BCUT2D eigenvalue weighted by atomic mass is 10.1. The van der Waals surface area contributed by atoms with Crippen molar-refractivity contribution in [3.63, 3.8) is 0 Å². The Hall–Kier alpha value is -3.25. The number of rotatable bonds is 8. The van der Waals surface area contributed by atoms with Crippen LogP contribution in [0.15, 0.2) is 54.6 Å². The minimum atomic E-state index is 0.0948. The molecule has 162 valence electrons. The van der Waals surface area contributed by atoms with Crippen molar-refractivity contribution in [1.29, 1.82) is 0 Å². The molecule has 31 heavy (non-hydrogen) atoms. The fourth-order valence-electron chi connectivity index (χ4n) is 3.75. The van der Waals surface area contributed by atoms with Crippen molar-refractivity contribution in [2.24, 2.45) is 0 Å². The number of nitrogens with zero attached hydrogens (tertiary/aromatic N) is 2. The summed E-state index contributed by atoms with van der Waals surface area (Å²) >= 11 is 0. The standard InChI is InChI=1S/C25H28N2O4/c1-4-27(15-19-6-10-23-24(12-19)31-17-30-23)16-25(28)26(2)14-18-5-7-21-13-22(29-3)9-8-20(21)11-18/h5-13H,4,14-17H2,1-3H3. The quantitative estimate of drug-likeness (QED) is 0.550. The zero-order valence-corrected chi connectivity index (χ0v) is 18.3. The Balaban J connectivity index is 1.37. The molecule has 0 N–H and O–H groups in total. The van der Waals surface area contributed by atoms with Gasteiger partial charge in [-0.3, -0.25) is 9.69 Å². The summed E-state index contributed by atoms with van der Waals surface area (Å²) < 4.78 is 16.1. The van der Waals surface area contributed by atoms with Gasteiger partial charge < -0.3 is 19.1 Å². The van der Waals surface area contributed by atoms with Gasteiger partial charge in [-0.05, 0) is 58.8 Å². The number of benzene rings is 3. The Morgan fingerprint density at radius 2 is 1.65 bits per heavy atom. The van der Waals surface area contributed by atoms with Crippen LogP contribution in [0.25, 0.3) is 10.8 Å². The number of amides is 1. The Labute approximate surface area is 182 Å². The molecule has 4 rings (SSSR count). The summed E-state index contributed by atoms with van der Waals surface area (Å²) in [6.45, 7) is 4.74. The van der Waals surface area contributed by atoms with Gasteiger partial charge in [0.1, 0.15) is 5.75 Å². The Kier molecular flexibility index (Phi) is 6.28. The molecule has 1 heterocycles. The van der Waals surface area contributed by atoms with Crippen LogP contribution in [0.4, 0.5) is 0 Å². The van der Waals surface area contributed by atoms with E-state index >= 15 is 0 Å².